The minimum absolute atomic E-state index is 0.220. The molecular formula is C11H19NOS2. The number of thiazole rings is 1. The van der Waals surface area contributed by atoms with Crippen molar-refractivity contribution in [2.45, 2.75) is 39.2 Å². The molecule has 0 bridgehead atoms. The third-order valence-electron chi connectivity index (χ3n) is 2.37. The maximum Gasteiger partial charge on any atom is 0.0956 e. The summed E-state index contributed by atoms with van der Waals surface area (Å²) in [7, 11) is 0. The van der Waals surface area contributed by atoms with Crippen molar-refractivity contribution < 1.29 is 5.11 Å². The van der Waals surface area contributed by atoms with Crippen LogP contribution < -0.4 is 0 Å². The van der Waals surface area contributed by atoms with E-state index in [2.05, 4.69) is 18.2 Å². The number of aliphatic hydroxyl groups is 1. The van der Waals surface area contributed by atoms with Crippen molar-refractivity contribution >= 4 is 23.1 Å². The van der Waals surface area contributed by atoms with Crippen LogP contribution in [0.3, 0.4) is 0 Å². The molecule has 0 aliphatic heterocycles. The van der Waals surface area contributed by atoms with Gasteiger partial charge in [-0.1, -0.05) is 0 Å². The van der Waals surface area contributed by atoms with Crippen LogP contribution in [0, 0.1) is 13.8 Å². The lowest BCUT2D eigenvalue weighted by atomic mass is 10.1. The van der Waals surface area contributed by atoms with Gasteiger partial charge in [0.05, 0.1) is 16.8 Å². The number of aryl methyl sites for hydroxylation is 2. The van der Waals surface area contributed by atoms with E-state index in [-0.39, 0.29) is 6.10 Å². The predicted octanol–water partition coefficient (Wildman–Crippen LogP) is 2.81. The van der Waals surface area contributed by atoms with Crippen LogP contribution in [0.4, 0.5) is 0 Å². The summed E-state index contributed by atoms with van der Waals surface area (Å²) in [4.78, 5) is 5.70. The molecular weight excluding hydrogens is 226 g/mol. The lowest BCUT2D eigenvalue weighted by Crippen LogP contribution is -2.10. The monoisotopic (exact) mass is 245 g/mol. The molecule has 0 aromatic carbocycles. The van der Waals surface area contributed by atoms with Gasteiger partial charge in [0.25, 0.3) is 0 Å². The number of nitrogens with zero attached hydrogens (tertiary/aromatic N) is 1. The molecule has 0 fully saturated rings. The van der Waals surface area contributed by atoms with Gasteiger partial charge < -0.3 is 5.11 Å². The summed E-state index contributed by atoms with van der Waals surface area (Å²) in [5.74, 6) is 1.13. The predicted molar refractivity (Wildman–Crippen MR) is 68.9 cm³/mol. The van der Waals surface area contributed by atoms with Crippen molar-refractivity contribution in [3.8, 4) is 0 Å². The van der Waals surface area contributed by atoms with Gasteiger partial charge in [0, 0.05) is 11.3 Å². The Morgan fingerprint density at radius 2 is 2.20 bits per heavy atom. The molecule has 1 aromatic heterocycles. The molecule has 1 unspecified atom stereocenters. The number of aliphatic hydroxyl groups excluding tert-OH is 1. The zero-order valence-electron chi connectivity index (χ0n) is 9.62. The van der Waals surface area contributed by atoms with Gasteiger partial charge in [-0.05, 0) is 38.7 Å². The zero-order chi connectivity index (χ0) is 11.3. The van der Waals surface area contributed by atoms with Crippen LogP contribution in [-0.4, -0.2) is 28.2 Å². The van der Waals surface area contributed by atoms with Gasteiger partial charge in [0.2, 0.25) is 0 Å². The first-order valence-electron chi connectivity index (χ1n) is 5.23. The van der Waals surface area contributed by atoms with Crippen LogP contribution in [0.25, 0.3) is 0 Å². The molecule has 1 N–H and O–H groups in total. The van der Waals surface area contributed by atoms with E-state index in [0.29, 0.717) is 6.42 Å². The molecule has 1 heterocycles. The normalized spacial score (nSPS) is 13.1. The highest BCUT2D eigenvalue weighted by molar-refractivity contribution is 7.98. The molecule has 15 heavy (non-hydrogen) atoms. The molecule has 0 saturated heterocycles. The van der Waals surface area contributed by atoms with Crippen LogP contribution in [0.1, 0.15) is 28.4 Å². The summed E-state index contributed by atoms with van der Waals surface area (Å²) in [5.41, 5.74) is 1.10. The van der Waals surface area contributed by atoms with Gasteiger partial charge in [-0.15, -0.1) is 11.3 Å². The Hall–Kier alpha value is -0.0600. The maximum absolute atomic E-state index is 9.79. The van der Waals surface area contributed by atoms with Crippen molar-refractivity contribution in [3.05, 3.63) is 15.6 Å². The lowest BCUT2D eigenvalue weighted by Gasteiger charge is -2.07. The standard InChI is InChI=1S/C11H19NOS2/c1-8-9(2)15-11(12-8)7-10(13)5-4-6-14-3/h10,13H,4-7H2,1-3H3. The second-order valence-corrected chi connectivity index (χ2v) is 6.02. The summed E-state index contributed by atoms with van der Waals surface area (Å²) in [6.45, 7) is 4.10. The van der Waals surface area contributed by atoms with Crippen LogP contribution in [-0.2, 0) is 6.42 Å². The molecule has 0 radical (unpaired) electrons. The van der Waals surface area contributed by atoms with Crippen molar-refractivity contribution in [1.29, 1.82) is 0 Å². The molecule has 1 rings (SSSR count). The first-order valence-corrected chi connectivity index (χ1v) is 7.44. The molecule has 0 aliphatic rings. The fourth-order valence-electron chi connectivity index (χ4n) is 1.39. The Kier molecular flexibility index (Phi) is 5.64. The average molecular weight is 245 g/mol. The highest BCUT2D eigenvalue weighted by Crippen LogP contribution is 2.19. The maximum atomic E-state index is 9.79. The summed E-state index contributed by atoms with van der Waals surface area (Å²) in [6, 6.07) is 0. The lowest BCUT2D eigenvalue weighted by molar-refractivity contribution is 0.164. The second-order valence-electron chi connectivity index (χ2n) is 3.74. The molecule has 4 heteroatoms. The van der Waals surface area contributed by atoms with Crippen molar-refractivity contribution in [2.75, 3.05) is 12.0 Å². The number of hydrogen-bond donors (Lipinski definition) is 1. The molecule has 2 nitrogen and oxygen atoms in total. The number of aromatic nitrogens is 1. The minimum atomic E-state index is -0.220. The van der Waals surface area contributed by atoms with E-state index >= 15 is 0 Å². The van der Waals surface area contributed by atoms with Gasteiger partial charge >= 0.3 is 0 Å². The van der Waals surface area contributed by atoms with E-state index in [1.54, 1.807) is 11.3 Å². The first kappa shape index (κ1) is 13.0. The number of thioether (sulfide) groups is 1. The van der Waals surface area contributed by atoms with Crippen LogP contribution >= 0.6 is 23.1 Å². The molecule has 0 saturated carbocycles. The third-order valence-corrected chi connectivity index (χ3v) is 4.16. The smallest absolute Gasteiger partial charge is 0.0956 e. The SMILES string of the molecule is CSCCCC(O)Cc1nc(C)c(C)s1. The Labute approximate surface area is 100 Å². The minimum Gasteiger partial charge on any atom is -0.393 e. The zero-order valence-corrected chi connectivity index (χ0v) is 11.2. The molecule has 0 aliphatic carbocycles. The molecule has 0 spiro atoms. The van der Waals surface area contributed by atoms with E-state index in [1.807, 2.05) is 18.7 Å². The molecule has 1 atom stereocenters. The van der Waals surface area contributed by atoms with Crippen molar-refractivity contribution in [3.63, 3.8) is 0 Å². The Morgan fingerprint density at radius 1 is 1.47 bits per heavy atom. The number of hydrogen-bond acceptors (Lipinski definition) is 4. The van der Waals surface area contributed by atoms with Crippen molar-refractivity contribution in [2.24, 2.45) is 0 Å². The highest BCUT2D eigenvalue weighted by Gasteiger charge is 2.09. The average Bonchev–Trinajstić information content (AvgIpc) is 2.46. The van der Waals surface area contributed by atoms with Crippen LogP contribution in [0.2, 0.25) is 0 Å². The Morgan fingerprint density at radius 3 is 2.73 bits per heavy atom. The van der Waals surface area contributed by atoms with Gasteiger partial charge in [0.1, 0.15) is 0 Å². The fraction of sp³-hybridized carbons (Fsp3) is 0.727. The van der Waals surface area contributed by atoms with Gasteiger partial charge in [-0.25, -0.2) is 4.98 Å². The third kappa shape index (κ3) is 4.53. The van der Waals surface area contributed by atoms with Crippen molar-refractivity contribution in [1.82, 2.24) is 4.98 Å². The topological polar surface area (TPSA) is 33.1 Å². The van der Waals surface area contributed by atoms with Crippen LogP contribution in [0.5, 0.6) is 0 Å². The van der Waals surface area contributed by atoms with E-state index in [4.69, 9.17) is 0 Å². The quantitative estimate of drug-likeness (QED) is 0.782. The summed E-state index contributed by atoms with van der Waals surface area (Å²) >= 11 is 3.54. The van der Waals surface area contributed by atoms with E-state index < -0.39 is 0 Å². The second kappa shape index (κ2) is 6.51. The molecule has 0 amide bonds. The Balaban J connectivity index is 2.34. The first-order chi connectivity index (χ1) is 7.13. The van der Waals surface area contributed by atoms with E-state index in [1.165, 1.54) is 4.88 Å². The summed E-state index contributed by atoms with van der Waals surface area (Å²) in [5, 5.41) is 10.9. The fourth-order valence-corrected chi connectivity index (χ4v) is 2.85. The Bertz CT molecular complexity index is 279. The largest absolute Gasteiger partial charge is 0.393 e. The van der Waals surface area contributed by atoms with Gasteiger partial charge in [0.15, 0.2) is 0 Å². The van der Waals surface area contributed by atoms with Gasteiger partial charge in [-0.2, -0.15) is 11.8 Å². The number of rotatable bonds is 6. The summed E-state index contributed by atoms with van der Waals surface area (Å²) < 4.78 is 0. The van der Waals surface area contributed by atoms with E-state index in [0.717, 1.165) is 29.3 Å². The highest BCUT2D eigenvalue weighted by atomic mass is 32.2. The van der Waals surface area contributed by atoms with Crippen LogP contribution in [0.15, 0.2) is 0 Å². The van der Waals surface area contributed by atoms with E-state index in [9.17, 15) is 5.11 Å². The van der Waals surface area contributed by atoms with Gasteiger partial charge in [-0.3, -0.25) is 0 Å². The summed E-state index contributed by atoms with van der Waals surface area (Å²) in [6.07, 6.45) is 4.57. The molecule has 1 aromatic rings. The molecule has 86 valence electrons.